The molecule has 0 aliphatic carbocycles. The summed E-state index contributed by atoms with van der Waals surface area (Å²) in [6, 6.07) is 0. The van der Waals surface area contributed by atoms with E-state index in [2.05, 4.69) is 15.2 Å². The molecular formula is C16H26N6O4. The number of nitrogens with zero attached hydrogens (tertiary/aromatic N) is 4. The van der Waals surface area contributed by atoms with Crippen LogP contribution in [-0.4, -0.2) is 40.0 Å². The smallest absolute Gasteiger partial charge is 0.330 e. The first-order chi connectivity index (χ1) is 12.3. The minimum Gasteiger partial charge on any atom is -0.424 e. The van der Waals surface area contributed by atoms with Crippen LogP contribution in [0, 0.1) is 12.8 Å². The number of hydrogen-bond donors (Lipinski definition) is 2. The van der Waals surface area contributed by atoms with E-state index >= 15 is 0 Å². The lowest BCUT2D eigenvalue weighted by Crippen LogP contribution is -2.39. The minimum absolute atomic E-state index is 0.126. The Bertz CT molecular complexity index is 838. The van der Waals surface area contributed by atoms with E-state index in [1.54, 1.807) is 18.9 Å². The second-order valence-electron chi connectivity index (χ2n) is 6.48. The number of H-pyrrole nitrogens is 1. The number of aromatic amines is 1. The summed E-state index contributed by atoms with van der Waals surface area (Å²) in [6.07, 6.45) is 0.659. The maximum atomic E-state index is 12.5. The number of nitrogens with one attached hydrogen (secondary N) is 1. The fraction of sp³-hybridized carbons (Fsp3) is 0.625. The molecule has 2 aromatic rings. The predicted molar refractivity (Wildman–Crippen MR) is 97.2 cm³/mol. The number of ether oxygens (including phenoxy) is 1. The van der Waals surface area contributed by atoms with Gasteiger partial charge in [-0.1, -0.05) is 13.8 Å². The van der Waals surface area contributed by atoms with Crippen LogP contribution in [0.3, 0.4) is 0 Å². The molecule has 2 heterocycles. The highest BCUT2D eigenvalue weighted by molar-refractivity contribution is 5.62. The molecule has 0 spiro atoms. The Balaban J connectivity index is 2.44. The Morgan fingerprint density at radius 2 is 2.08 bits per heavy atom. The SMILES string of the molecule is COCCCN(Cc1nnc(C)o1)c1c(N)n(CC(C)C)c(=O)[nH]c1=O. The summed E-state index contributed by atoms with van der Waals surface area (Å²) in [7, 11) is 1.61. The quantitative estimate of drug-likeness (QED) is 0.613. The van der Waals surface area contributed by atoms with E-state index in [1.807, 2.05) is 13.8 Å². The first-order valence-corrected chi connectivity index (χ1v) is 8.49. The third-order valence-corrected chi connectivity index (χ3v) is 3.75. The Labute approximate surface area is 151 Å². The van der Waals surface area contributed by atoms with Gasteiger partial charge < -0.3 is 19.8 Å². The third kappa shape index (κ3) is 4.72. The van der Waals surface area contributed by atoms with Crippen molar-refractivity contribution < 1.29 is 9.15 Å². The van der Waals surface area contributed by atoms with Gasteiger partial charge in [0, 0.05) is 33.7 Å². The number of anilines is 2. The Hall–Kier alpha value is -2.62. The highest BCUT2D eigenvalue weighted by Gasteiger charge is 2.21. The molecule has 0 saturated carbocycles. The third-order valence-electron chi connectivity index (χ3n) is 3.75. The van der Waals surface area contributed by atoms with Crippen LogP contribution in [0.15, 0.2) is 14.0 Å². The number of methoxy groups -OCH3 is 1. The molecule has 0 atom stereocenters. The summed E-state index contributed by atoms with van der Waals surface area (Å²) in [5.74, 6) is 1.11. The standard InChI is InChI=1S/C16H26N6O4/c1-10(2)8-22-14(17)13(15(23)18-16(22)24)21(6-5-7-25-4)9-12-20-19-11(3)26-12/h10H,5-9,17H2,1-4H3,(H,18,23,24). The van der Waals surface area contributed by atoms with Crippen LogP contribution < -0.4 is 21.9 Å². The molecule has 26 heavy (non-hydrogen) atoms. The highest BCUT2D eigenvalue weighted by Crippen LogP contribution is 2.20. The summed E-state index contributed by atoms with van der Waals surface area (Å²) >= 11 is 0. The van der Waals surface area contributed by atoms with E-state index in [1.165, 1.54) is 4.57 Å². The number of hydrogen-bond acceptors (Lipinski definition) is 8. The lowest BCUT2D eigenvalue weighted by molar-refractivity contribution is 0.196. The molecule has 0 amide bonds. The lowest BCUT2D eigenvalue weighted by atomic mass is 10.2. The maximum Gasteiger partial charge on any atom is 0.330 e. The molecule has 0 radical (unpaired) electrons. The summed E-state index contributed by atoms with van der Waals surface area (Å²) < 4.78 is 11.9. The summed E-state index contributed by atoms with van der Waals surface area (Å²) in [6.45, 7) is 7.22. The number of nitrogens with two attached hydrogens (primary N) is 1. The van der Waals surface area contributed by atoms with E-state index in [4.69, 9.17) is 14.9 Å². The van der Waals surface area contributed by atoms with Crippen LogP contribution in [0.1, 0.15) is 32.0 Å². The normalized spacial score (nSPS) is 11.3. The van der Waals surface area contributed by atoms with Crippen LogP contribution in [0.2, 0.25) is 0 Å². The molecule has 0 aliphatic rings. The molecule has 10 nitrogen and oxygen atoms in total. The summed E-state index contributed by atoms with van der Waals surface area (Å²) in [5.41, 5.74) is 5.36. The van der Waals surface area contributed by atoms with Gasteiger partial charge in [-0.25, -0.2) is 4.79 Å². The van der Waals surface area contributed by atoms with Gasteiger partial charge in [-0.15, -0.1) is 10.2 Å². The number of rotatable bonds is 9. The highest BCUT2D eigenvalue weighted by atomic mass is 16.5. The monoisotopic (exact) mass is 366 g/mol. The van der Waals surface area contributed by atoms with Crippen molar-refractivity contribution in [2.75, 3.05) is 30.9 Å². The van der Waals surface area contributed by atoms with Gasteiger partial charge >= 0.3 is 5.69 Å². The van der Waals surface area contributed by atoms with Crippen molar-refractivity contribution in [1.82, 2.24) is 19.7 Å². The lowest BCUT2D eigenvalue weighted by Gasteiger charge is -2.25. The molecule has 0 aliphatic heterocycles. The van der Waals surface area contributed by atoms with E-state index in [9.17, 15) is 9.59 Å². The fourth-order valence-corrected chi connectivity index (χ4v) is 2.66. The molecule has 144 valence electrons. The maximum absolute atomic E-state index is 12.5. The van der Waals surface area contributed by atoms with Crippen molar-refractivity contribution in [2.45, 2.75) is 40.3 Å². The number of aryl methyl sites for hydroxylation is 1. The van der Waals surface area contributed by atoms with Crippen molar-refractivity contribution in [3.8, 4) is 0 Å². The zero-order chi connectivity index (χ0) is 19.3. The summed E-state index contributed by atoms with van der Waals surface area (Å²) in [5, 5.41) is 7.78. The predicted octanol–water partition coefficient (Wildman–Crippen LogP) is 0.509. The number of nitrogen functional groups attached to an aromatic ring is 1. The van der Waals surface area contributed by atoms with Crippen LogP contribution in [0.25, 0.3) is 0 Å². The second kappa shape index (κ2) is 8.65. The van der Waals surface area contributed by atoms with Gasteiger partial charge in [-0.2, -0.15) is 0 Å². The minimum atomic E-state index is -0.541. The van der Waals surface area contributed by atoms with Gasteiger partial charge in [0.05, 0.1) is 6.54 Å². The van der Waals surface area contributed by atoms with Crippen molar-refractivity contribution in [3.05, 3.63) is 32.6 Å². The summed E-state index contributed by atoms with van der Waals surface area (Å²) in [4.78, 5) is 28.7. The van der Waals surface area contributed by atoms with E-state index < -0.39 is 11.2 Å². The van der Waals surface area contributed by atoms with Crippen molar-refractivity contribution in [2.24, 2.45) is 5.92 Å². The average Bonchev–Trinajstić information content (AvgIpc) is 2.96. The largest absolute Gasteiger partial charge is 0.424 e. The van der Waals surface area contributed by atoms with Crippen molar-refractivity contribution in [3.63, 3.8) is 0 Å². The Kier molecular flexibility index (Phi) is 6.56. The van der Waals surface area contributed by atoms with Crippen molar-refractivity contribution in [1.29, 1.82) is 0 Å². The zero-order valence-electron chi connectivity index (χ0n) is 15.6. The van der Waals surface area contributed by atoms with Gasteiger partial charge in [0.1, 0.15) is 11.5 Å². The molecule has 2 rings (SSSR count). The second-order valence-corrected chi connectivity index (χ2v) is 6.48. The van der Waals surface area contributed by atoms with Gasteiger partial charge in [-0.05, 0) is 12.3 Å². The molecule has 3 N–H and O–H groups in total. The van der Waals surface area contributed by atoms with Gasteiger partial charge in [0.2, 0.25) is 11.8 Å². The molecule has 0 saturated heterocycles. The average molecular weight is 366 g/mol. The first-order valence-electron chi connectivity index (χ1n) is 8.49. The zero-order valence-corrected chi connectivity index (χ0v) is 15.6. The van der Waals surface area contributed by atoms with Gasteiger partial charge in [0.25, 0.3) is 5.56 Å². The topological polar surface area (TPSA) is 132 Å². The molecule has 2 aromatic heterocycles. The van der Waals surface area contributed by atoms with Gasteiger partial charge in [-0.3, -0.25) is 14.3 Å². The molecule has 0 fully saturated rings. The van der Waals surface area contributed by atoms with E-state index in [0.717, 1.165) is 0 Å². The Morgan fingerprint density at radius 3 is 2.65 bits per heavy atom. The van der Waals surface area contributed by atoms with Crippen LogP contribution >= 0.6 is 0 Å². The molecular weight excluding hydrogens is 340 g/mol. The van der Waals surface area contributed by atoms with Crippen molar-refractivity contribution >= 4 is 11.5 Å². The van der Waals surface area contributed by atoms with Gasteiger partial charge in [0.15, 0.2) is 0 Å². The number of aromatic nitrogens is 4. The van der Waals surface area contributed by atoms with Crippen LogP contribution in [0.4, 0.5) is 11.5 Å². The van der Waals surface area contributed by atoms with Crippen LogP contribution in [-0.2, 0) is 17.8 Å². The fourth-order valence-electron chi connectivity index (χ4n) is 2.66. The molecule has 0 bridgehead atoms. The first kappa shape index (κ1) is 19.7. The van der Waals surface area contributed by atoms with E-state index in [-0.39, 0.29) is 24.0 Å². The Morgan fingerprint density at radius 1 is 1.35 bits per heavy atom. The molecule has 0 aromatic carbocycles. The van der Waals surface area contributed by atoms with E-state index in [0.29, 0.717) is 37.9 Å². The van der Waals surface area contributed by atoms with Crippen LogP contribution in [0.5, 0.6) is 0 Å². The molecule has 10 heteroatoms. The molecule has 0 unspecified atom stereocenters.